The summed E-state index contributed by atoms with van der Waals surface area (Å²) in [6.45, 7) is 3.68. The van der Waals surface area contributed by atoms with Crippen molar-refractivity contribution < 1.29 is 9.59 Å². The van der Waals surface area contributed by atoms with Gasteiger partial charge in [-0.25, -0.2) is 0 Å². The predicted octanol–water partition coefficient (Wildman–Crippen LogP) is -1.08. The minimum absolute atomic E-state index is 0.489. The molecule has 1 atom stereocenters. The van der Waals surface area contributed by atoms with Gasteiger partial charge in [-0.15, -0.1) is 0 Å². The third-order valence-electron chi connectivity index (χ3n) is 1.63. The minimum Gasteiger partial charge on any atom is -0.368 e. The van der Waals surface area contributed by atoms with Gasteiger partial charge >= 0.3 is 0 Å². The highest BCUT2D eigenvalue weighted by molar-refractivity contribution is 5.88. The van der Waals surface area contributed by atoms with Crippen LogP contribution in [0.4, 0.5) is 0 Å². The summed E-state index contributed by atoms with van der Waals surface area (Å²) >= 11 is 0. The lowest BCUT2D eigenvalue weighted by Gasteiger charge is -2.13. The van der Waals surface area contributed by atoms with Gasteiger partial charge in [0, 0.05) is 6.92 Å². The van der Waals surface area contributed by atoms with Gasteiger partial charge in [0.15, 0.2) is 0 Å². The van der Waals surface area contributed by atoms with E-state index in [1.165, 1.54) is 0 Å². The van der Waals surface area contributed by atoms with Gasteiger partial charge in [0.05, 0.1) is 0 Å². The molecular weight excluding hydrogens is 170 g/mol. The standard InChI is InChI=1S/C8H16N3O2/c1-6(12)11-7(8(10)13)4-2-3-5-9/h7H,1-5,9H2,(H2,10,13)(H,11,12). The Bertz CT molecular complexity index is 182. The Labute approximate surface area is 77.8 Å². The normalized spacial score (nSPS) is 12.2. The maximum Gasteiger partial charge on any atom is 0.239 e. The Hall–Kier alpha value is -1.10. The Morgan fingerprint density at radius 1 is 1.38 bits per heavy atom. The van der Waals surface area contributed by atoms with Gasteiger partial charge in [-0.3, -0.25) is 9.59 Å². The van der Waals surface area contributed by atoms with E-state index in [0.29, 0.717) is 13.0 Å². The molecule has 0 heterocycles. The summed E-state index contributed by atoms with van der Waals surface area (Å²) in [6, 6.07) is -0.614. The first kappa shape index (κ1) is 11.9. The van der Waals surface area contributed by atoms with Crippen LogP contribution in [0.3, 0.4) is 0 Å². The van der Waals surface area contributed by atoms with E-state index in [2.05, 4.69) is 12.2 Å². The van der Waals surface area contributed by atoms with Crippen LogP contribution in [0.5, 0.6) is 0 Å². The third-order valence-corrected chi connectivity index (χ3v) is 1.63. The number of unbranched alkanes of at least 4 members (excludes halogenated alkanes) is 1. The van der Waals surface area contributed by atoms with E-state index < -0.39 is 17.9 Å². The van der Waals surface area contributed by atoms with Crippen molar-refractivity contribution in [3.63, 3.8) is 0 Å². The fourth-order valence-corrected chi connectivity index (χ4v) is 0.973. The number of nitrogens with one attached hydrogen (secondary N) is 1. The van der Waals surface area contributed by atoms with Gasteiger partial charge in [-0.05, 0) is 25.8 Å². The Balaban J connectivity index is 3.81. The van der Waals surface area contributed by atoms with Crippen molar-refractivity contribution in [2.24, 2.45) is 11.5 Å². The lowest BCUT2D eigenvalue weighted by atomic mass is 10.1. The highest BCUT2D eigenvalue weighted by atomic mass is 16.2. The molecule has 1 radical (unpaired) electrons. The molecule has 0 saturated heterocycles. The second kappa shape index (κ2) is 6.42. The maximum atomic E-state index is 10.8. The second-order valence-electron chi connectivity index (χ2n) is 2.81. The summed E-state index contributed by atoms with van der Waals surface area (Å²) < 4.78 is 0. The van der Waals surface area contributed by atoms with E-state index in [1.54, 1.807) is 0 Å². The lowest BCUT2D eigenvalue weighted by molar-refractivity contribution is -0.125. The van der Waals surface area contributed by atoms with Crippen LogP contribution >= 0.6 is 0 Å². The molecule has 0 aliphatic carbocycles. The molecule has 0 aliphatic rings. The average molecular weight is 186 g/mol. The molecule has 0 aromatic rings. The quantitative estimate of drug-likeness (QED) is 0.460. The Kier molecular flexibility index (Phi) is 5.88. The van der Waals surface area contributed by atoms with Crippen LogP contribution in [0.1, 0.15) is 19.3 Å². The molecule has 75 valence electrons. The molecule has 5 heteroatoms. The van der Waals surface area contributed by atoms with E-state index >= 15 is 0 Å². The van der Waals surface area contributed by atoms with Gasteiger partial charge in [0.1, 0.15) is 6.04 Å². The van der Waals surface area contributed by atoms with Crippen molar-refractivity contribution in [2.45, 2.75) is 25.3 Å². The van der Waals surface area contributed by atoms with Crippen LogP contribution < -0.4 is 16.8 Å². The van der Waals surface area contributed by atoms with Crippen molar-refractivity contribution in [3.8, 4) is 0 Å². The first-order valence-corrected chi connectivity index (χ1v) is 4.19. The van der Waals surface area contributed by atoms with E-state index in [1.807, 2.05) is 0 Å². The van der Waals surface area contributed by atoms with Crippen LogP contribution in [-0.4, -0.2) is 24.4 Å². The lowest BCUT2D eigenvalue weighted by Crippen LogP contribution is -2.43. The molecule has 0 aromatic heterocycles. The number of carbonyl (C=O) groups is 2. The van der Waals surface area contributed by atoms with Gasteiger partial charge in [0.2, 0.25) is 11.8 Å². The third kappa shape index (κ3) is 6.10. The van der Waals surface area contributed by atoms with Gasteiger partial charge < -0.3 is 16.8 Å². The fraction of sp³-hybridized carbons (Fsp3) is 0.625. The van der Waals surface area contributed by atoms with E-state index in [-0.39, 0.29) is 0 Å². The monoisotopic (exact) mass is 186 g/mol. The fourth-order valence-electron chi connectivity index (χ4n) is 0.973. The van der Waals surface area contributed by atoms with Crippen molar-refractivity contribution in [3.05, 3.63) is 6.92 Å². The molecule has 0 spiro atoms. The van der Waals surface area contributed by atoms with Gasteiger partial charge in [-0.1, -0.05) is 0 Å². The Morgan fingerprint density at radius 2 is 2.00 bits per heavy atom. The molecule has 0 rings (SSSR count). The molecule has 2 amide bonds. The number of hydrogen-bond donors (Lipinski definition) is 3. The summed E-state index contributed by atoms with van der Waals surface area (Å²) in [4.78, 5) is 21.3. The number of rotatable bonds is 6. The first-order valence-electron chi connectivity index (χ1n) is 4.19. The minimum atomic E-state index is -0.614. The number of amides is 2. The van der Waals surface area contributed by atoms with E-state index in [0.717, 1.165) is 12.8 Å². The number of nitrogens with two attached hydrogens (primary N) is 2. The van der Waals surface area contributed by atoms with Crippen LogP contribution in [-0.2, 0) is 9.59 Å². The molecule has 0 aliphatic heterocycles. The smallest absolute Gasteiger partial charge is 0.239 e. The number of primary amides is 1. The topological polar surface area (TPSA) is 98.2 Å². The molecule has 0 fully saturated rings. The highest BCUT2D eigenvalue weighted by Gasteiger charge is 2.14. The molecular formula is C8H16N3O2. The summed E-state index contributed by atoms with van der Waals surface area (Å²) in [5.74, 6) is -1.02. The van der Waals surface area contributed by atoms with Crippen molar-refractivity contribution in [2.75, 3.05) is 6.54 Å². The second-order valence-corrected chi connectivity index (χ2v) is 2.81. The molecule has 1 unspecified atom stereocenters. The average Bonchev–Trinajstić information content (AvgIpc) is 2.02. The van der Waals surface area contributed by atoms with Gasteiger partial charge in [0.25, 0.3) is 0 Å². The molecule has 0 aromatic carbocycles. The molecule has 0 bridgehead atoms. The van der Waals surface area contributed by atoms with Crippen molar-refractivity contribution in [1.29, 1.82) is 0 Å². The van der Waals surface area contributed by atoms with Crippen LogP contribution in [0.2, 0.25) is 0 Å². The zero-order valence-corrected chi connectivity index (χ0v) is 7.58. The van der Waals surface area contributed by atoms with Crippen LogP contribution in [0, 0.1) is 6.92 Å². The summed E-state index contributed by atoms with van der Waals surface area (Å²) in [7, 11) is 0. The zero-order valence-electron chi connectivity index (χ0n) is 7.58. The van der Waals surface area contributed by atoms with E-state index in [9.17, 15) is 9.59 Å². The molecule has 0 saturated carbocycles. The Morgan fingerprint density at radius 3 is 2.38 bits per heavy atom. The van der Waals surface area contributed by atoms with Crippen LogP contribution in [0.15, 0.2) is 0 Å². The SMILES string of the molecule is [CH2]C(=O)NC(CCCCN)C(N)=O. The van der Waals surface area contributed by atoms with Crippen molar-refractivity contribution in [1.82, 2.24) is 5.32 Å². The summed E-state index contributed by atoms with van der Waals surface area (Å²) in [5, 5.41) is 2.37. The molecule has 5 N–H and O–H groups in total. The summed E-state index contributed by atoms with van der Waals surface area (Å²) in [5.41, 5.74) is 10.3. The van der Waals surface area contributed by atoms with Crippen molar-refractivity contribution >= 4 is 11.8 Å². The maximum absolute atomic E-state index is 10.8. The number of carbonyl (C=O) groups excluding carboxylic acids is 2. The first-order chi connectivity index (χ1) is 6.07. The number of hydrogen-bond acceptors (Lipinski definition) is 3. The highest BCUT2D eigenvalue weighted by Crippen LogP contribution is 1.99. The largest absolute Gasteiger partial charge is 0.368 e. The predicted molar refractivity (Wildman–Crippen MR) is 49.4 cm³/mol. The molecule has 5 nitrogen and oxygen atoms in total. The zero-order chi connectivity index (χ0) is 10.3. The summed E-state index contributed by atoms with van der Waals surface area (Å²) in [6.07, 6.45) is 2.11. The van der Waals surface area contributed by atoms with Gasteiger partial charge in [-0.2, -0.15) is 0 Å². The van der Waals surface area contributed by atoms with Crippen LogP contribution in [0.25, 0.3) is 0 Å². The molecule has 13 heavy (non-hydrogen) atoms. The van der Waals surface area contributed by atoms with E-state index in [4.69, 9.17) is 11.5 Å².